The van der Waals surface area contributed by atoms with Gasteiger partial charge in [-0.15, -0.1) is 0 Å². The number of hydrogen-bond donors (Lipinski definition) is 3. The summed E-state index contributed by atoms with van der Waals surface area (Å²) in [4.78, 5) is 7.72. The Morgan fingerprint density at radius 2 is 2.31 bits per heavy atom. The maximum Gasteiger partial charge on any atom is 0.224 e. The van der Waals surface area contributed by atoms with Crippen molar-refractivity contribution in [3.63, 3.8) is 0 Å². The highest BCUT2D eigenvalue weighted by Crippen LogP contribution is 2.14. The van der Waals surface area contributed by atoms with E-state index in [2.05, 4.69) is 20.6 Å². The molecule has 0 aromatic carbocycles. The average molecular weight is 228 g/mol. The van der Waals surface area contributed by atoms with Gasteiger partial charge in [-0.05, 0) is 12.8 Å². The number of rotatable bonds is 6. The SMILES string of the molecule is CCC(CCO)Nc1nc(NC)ncc1F. The van der Waals surface area contributed by atoms with E-state index in [0.29, 0.717) is 12.4 Å². The second-order valence-electron chi connectivity index (χ2n) is 3.40. The molecule has 1 aromatic heterocycles. The third-order valence-electron chi connectivity index (χ3n) is 2.28. The average Bonchev–Trinajstić information content (AvgIpc) is 2.31. The second-order valence-corrected chi connectivity index (χ2v) is 3.40. The Morgan fingerprint density at radius 3 is 2.88 bits per heavy atom. The van der Waals surface area contributed by atoms with Gasteiger partial charge in [0, 0.05) is 19.7 Å². The molecule has 1 aromatic rings. The van der Waals surface area contributed by atoms with Crippen molar-refractivity contribution in [2.45, 2.75) is 25.8 Å². The minimum Gasteiger partial charge on any atom is -0.396 e. The number of aliphatic hydroxyl groups excluding tert-OH is 1. The van der Waals surface area contributed by atoms with Crippen LogP contribution in [0.2, 0.25) is 0 Å². The highest BCUT2D eigenvalue weighted by Gasteiger charge is 2.11. The normalized spacial score (nSPS) is 12.2. The maximum atomic E-state index is 13.4. The van der Waals surface area contributed by atoms with E-state index in [4.69, 9.17) is 5.11 Å². The van der Waals surface area contributed by atoms with Gasteiger partial charge in [0.2, 0.25) is 5.95 Å². The molecule has 6 heteroatoms. The van der Waals surface area contributed by atoms with Crippen LogP contribution in [0.5, 0.6) is 0 Å². The number of hydrogen-bond acceptors (Lipinski definition) is 5. The molecule has 1 unspecified atom stereocenters. The van der Waals surface area contributed by atoms with Crippen molar-refractivity contribution >= 4 is 11.8 Å². The molecule has 0 spiro atoms. The summed E-state index contributed by atoms with van der Waals surface area (Å²) in [7, 11) is 1.67. The summed E-state index contributed by atoms with van der Waals surface area (Å²) in [5, 5.41) is 14.5. The van der Waals surface area contributed by atoms with Crippen molar-refractivity contribution in [2.75, 3.05) is 24.3 Å². The lowest BCUT2D eigenvalue weighted by atomic mass is 10.1. The zero-order valence-electron chi connectivity index (χ0n) is 9.50. The number of nitrogens with zero attached hydrogens (tertiary/aromatic N) is 2. The molecule has 0 aliphatic rings. The van der Waals surface area contributed by atoms with E-state index in [1.54, 1.807) is 7.05 Å². The molecule has 3 N–H and O–H groups in total. The molecular weight excluding hydrogens is 211 g/mol. The number of anilines is 2. The predicted molar refractivity (Wildman–Crippen MR) is 60.9 cm³/mol. The molecule has 1 heterocycles. The van der Waals surface area contributed by atoms with Crippen molar-refractivity contribution in [1.82, 2.24) is 9.97 Å². The van der Waals surface area contributed by atoms with Gasteiger partial charge in [-0.25, -0.2) is 9.37 Å². The molecule has 90 valence electrons. The molecule has 0 aliphatic carbocycles. The van der Waals surface area contributed by atoms with Gasteiger partial charge in [0.15, 0.2) is 11.6 Å². The first-order chi connectivity index (χ1) is 7.71. The lowest BCUT2D eigenvalue weighted by Crippen LogP contribution is -2.21. The fourth-order valence-corrected chi connectivity index (χ4v) is 1.32. The first kappa shape index (κ1) is 12.6. The van der Waals surface area contributed by atoms with Gasteiger partial charge < -0.3 is 15.7 Å². The fraction of sp³-hybridized carbons (Fsp3) is 0.600. The minimum atomic E-state index is -0.490. The topological polar surface area (TPSA) is 70.1 Å². The maximum absolute atomic E-state index is 13.4. The Kier molecular flexibility index (Phi) is 4.91. The quantitative estimate of drug-likeness (QED) is 0.683. The van der Waals surface area contributed by atoms with Crippen LogP contribution in [0.15, 0.2) is 6.20 Å². The first-order valence-electron chi connectivity index (χ1n) is 5.29. The van der Waals surface area contributed by atoms with Crippen molar-refractivity contribution < 1.29 is 9.50 Å². The van der Waals surface area contributed by atoms with Gasteiger partial charge in [0.25, 0.3) is 0 Å². The van der Waals surface area contributed by atoms with Gasteiger partial charge in [0.05, 0.1) is 6.20 Å². The molecular formula is C10H17FN4O. The van der Waals surface area contributed by atoms with Crippen LogP contribution in [0, 0.1) is 5.82 Å². The Morgan fingerprint density at radius 1 is 1.56 bits per heavy atom. The highest BCUT2D eigenvalue weighted by molar-refractivity contribution is 5.41. The van der Waals surface area contributed by atoms with Crippen LogP contribution in [-0.4, -0.2) is 34.8 Å². The summed E-state index contributed by atoms with van der Waals surface area (Å²) in [5.74, 6) is 0.0396. The summed E-state index contributed by atoms with van der Waals surface area (Å²) in [6.07, 6.45) is 2.47. The molecule has 0 bridgehead atoms. The van der Waals surface area contributed by atoms with Crippen molar-refractivity contribution in [2.24, 2.45) is 0 Å². The van der Waals surface area contributed by atoms with Crippen LogP contribution in [0.25, 0.3) is 0 Å². The number of aliphatic hydroxyl groups is 1. The van der Waals surface area contributed by atoms with Gasteiger partial charge >= 0.3 is 0 Å². The molecule has 0 saturated carbocycles. The van der Waals surface area contributed by atoms with E-state index >= 15 is 0 Å². The predicted octanol–water partition coefficient (Wildman–Crippen LogP) is 1.23. The lowest BCUT2D eigenvalue weighted by Gasteiger charge is -2.16. The molecule has 1 atom stereocenters. The number of halogens is 1. The molecule has 0 radical (unpaired) electrons. The van der Waals surface area contributed by atoms with E-state index in [9.17, 15) is 4.39 Å². The summed E-state index contributed by atoms with van der Waals surface area (Å²) < 4.78 is 13.4. The summed E-state index contributed by atoms with van der Waals surface area (Å²) >= 11 is 0. The largest absolute Gasteiger partial charge is 0.396 e. The minimum absolute atomic E-state index is 0.0131. The number of nitrogens with one attached hydrogen (secondary N) is 2. The number of aromatic nitrogens is 2. The third kappa shape index (κ3) is 3.30. The molecule has 0 fully saturated rings. The Balaban J connectivity index is 2.77. The third-order valence-corrected chi connectivity index (χ3v) is 2.28. The Hall–Kier alpha value is -1.43. The van der Waals surface area contributed by atoms with E-state index in [0.717, 1.165) is 12.6 Å². The van der Waals surface area contributed by atoms with E-state index < -0.39 is 5.82 Å². The highest BCUT2D eigenvalue weighted by atomic mass is 19.1. The molecule has 0 saturated heterocycles. The summed E-state index contributed by atoms with van der Waals surface area (Å²) in [6.45, 7) is 2.03. The van der Waals surface area contributed by atoms with Crippen LogP contribution in [0.4, 0.5) is 16.2 Å². The summed E-state index contributed by atoms with van der Waals surface area (Å²) in [5.41, 5.74) is 0. The van der Waals surface area contributed by atoms with Crippen LogP contribution in [0.3, 0.4) is 0 Å². The van der Waals surface area contributed by atoms with Crippen molar-refractivity contribution in [3.8, 4) is 0 Å². The Labute approximate surface area is 94.1 Å². The fourth-order valence-electron chi connectivity index (χ4n) is 1.32. The van der Waals surface area contributed by atoms with Gasteiger partial charge in [0.1, 0.15) is 0 Å². The van der Waals surface area contributed by atoms with Gasteiger partial charge in [-0.1, -0.05) is 6.92 Å². The smallest absolute Gasteiger partial charge is 0.224 e. The second kappa shape index (κ2) is 6.22. The molecule has 0 amide bonds. The van der Waals surface area contributed by atoms with E-state index in [1.165, 1.54) is 0 Å². The monoisotopic (exact) mass is 228 g/mol. The van der Waals surface area contributed by atoms with Gasteiger partial charge in [-0.2, -0.15) is 4.98 Å². The zero-order valence-corrected chi connectivity index (χ0v) is 9.50. The molecule has 1 rings (SSSR count). The molecule has 16 heavy (non-hydrogen) atoms. The van der Waals surface area contributed by atoms with Crippen molar-refractivity contribution in [3.05, 3.63) is 12.0 Å². The first-order valence-corrected chi connectivity index (χ1v) is 5.29. The standard InChI is InChI=1S/C10H17FN4O/c1-3-7(4-5-16)14-9-8(11)6-13-10(12-2)15-9/h6-7,16H,3-5H2,1-2H3,(H2,12,13,14,15). The van der Waals surface area contributed by atoms with Crippen molar-refractivity contribution in [1.29, 1.82) is 0 Å². The van der Waals surface area contributed by atoms with Crippen LogP contribution >= 0.6 is 0 Å². The van der Waals surface area contributed by atoms with Crippen LogP contribution in [-0.2, 0) is 0 Å². The summed E-state index contributed by atoms with van der Waals surface area (Å²) in [6, 6.07) is 0.0131. The van der Waals surface area contributed by atoms with Crippen LogP contribution in [0.1, 0.15) is 19.8 Å². The Bertz CT molecular complexity index is 335. The zero-order chi connectivity index (χ0) is 12.0. The van der Waals surface area contributed by atoms with E-state index in [1.807, 2.05) is 6.92 Å². The lowest BCUT2D eigenvalue weighted by molar-refractivity contribution is 0.278. The van der Waals surface area contributed by atoms with Crippen LogP contribution < -0.4 is 10.6 Å². The molecule has 5 nitrogen and oxygen atoms in total. The van der Waals surface area contributed by atoms with Gasteiger partial charge in [-0.3, -0.25) is 0 Å². The van der Waals surface area contributed by atoms with E-state index in [-0.39, 0.29) is 18.5 Å². The molecule has 0 aliphatic heterocycles.